The average Bonchev–Trinajstić information content (AvgIpc) is 2.43. The largest absolute Gasteiger partial charge is 0.491 e. The van der Waals surface area contributed by atoms with Gasteiger partial charge in [-0.05, 0) is 25.1 Å². The van der Waals surface area contributed by atoms with Gasteiger partial charge in [-0.2, -0.15) is 5.26 Å². The number of aliphatic hydroxyl groups is 1. The molecule has 1 aromatic rings. The van der Waals surface area contributed by atoms with Gasteiger partial charge in [0.1, 0.15) is 18.5 Å². The fourth-order valence-corrected chi connectivity index (χ4v) is 1.49. The number of benzene rings is 1. The highest BCUT2D eigenvalue weighted by Gasteiger charge is 2.07. The Morgan fingerprint density at radius 3 is 3.00 bits per heavy atom. The Morgan fingerprint density at radius 2 is 2.32 bits per heavy atom. The van der Waals surface area contributed by atoms with Crippen LogP contribution in [0, 0.1) is 23.7 Å². The van der Waals surface area contributed by atoms with E-state index in [9.17, 15) is 5.11 Å². The molecule has 4 nitrogen and oxygen atoms in total. The van der Waals surface area contributed by atoms with Crippen LogP contribution in [0.4, 0.5) is 0 Å². The normalized spacial score (nSPS) is 13.1. The summed E-state index contributed by atoms with van der Waals surface area (Å²) in [6.07, 6.45) is 5.20. The van der Waals surface area contributed by atoms with Gasteiger partial charge >= 0.3 is 0 Å². The summed E-state index contributed by atoms with van der Waals surface area (Å²) < 4.78 is 5.42. The molecule has 2 N–H and O–H groups in total. The second-order valence-electron chi connectivity index (χ2n) is 4.32. The molecule has 0 saturated heterocycles. The maximum absolute atomic E-state index is 9.75. The van der Waals surface area contributed by atoms with Crippen LogP contribution < -0.4 is 10.1 Å². The van der Waals surface area contributed by atoms with Gasteiger partial charge in [0.15, 0.2) is 0 Å². The molecule has 0 aliphatic heterocycles. The van der Waals surface area contributed by atoms with E-state index in [-0.39, 0.29) is 12.6 Å². The van der Waals surface area contributed by atoms with E-state index >= 15 is 0 Å². The Kier molecular flexibility index (Phi) is 6.46. The number of nitrogens with zero attached hydrogens (tertiary/aromatic N) is 1. The van der Waals surface area contributed by atoms with E-state index in [0.717, 1.165) is 0 Å². The van der Waals surface area contributed by atoms with Gasteiger partial charge in [-0.3, -0.25) is 0 Å². The molecular formula is C15H18N2O2. The van der Waals surface area contributed by atoms with Gasteiger partial charge in [0, 0.05) is 19.0 Å². The summed E-state index contributed by atoms with van der Waals surface area (Å²) >= 11 is 0. The van der Waals surface area contributed by atoms with Crippen LogP contribution in [-0.4, -0.2) is 30.4 Å². The Morgan fingerprint density at radius 1 is 1.53 bits per heavy atom. The third-order valence-electron chi connectivity index (χ3n) is 2.53. The first-order valence-corrected chi connectivity index (χ1v) is 6.13. The number of aliphatic hydroxyl groups excluding tert-OH is 1. The minimum Gasteiger partial charge on any atom is -0.491 e. The van der Waals surface area contributed by atoms with E-state index in [0.29, 0.717) is 24.3 Å². The topological polar surface area (TPSA) is 65.3 Å². The van der Waals surface area contributed by atoms with Crippen molar-refractivity contribution in [3.8, 4) is 24.2 Å². The SMILES string of the molecule is C#CCC(C)NCC(O)COc1cccc(C#N)c1. The second-order valence-corrected chi connectivity index (χ2v) is 4.32. The predicted octanol–water partition coefficient (Wildman–Crippen LogP) is 1.30. The van der Waals surface area contributed by atoms with Crippen LogP contribution in [-0.2, 0) is 0 Å². The van der Waals surface area contributed by atoms with Gasteiger partial charge in [-0.15, -0.1) is 12.3 Å². The van der Waals surface area contributed by atoms with Gasteiger partial charge < -0.3 is 15.2 Å². The highest BCUT2D eigenvalue weighted by Crippen LogP contribution is 2.12. The third-order valence-corrected chi connectivity index (χ3v) is 2.53. The first-order chi connectivity index (χ1) is 9.15. The molecule has 0 aliphatic rings. The van der Waals surface area contributed by atoms with E-state index in [2.05, 4.69) is 11.2 Å². The number of ether oxygens (including phenoxy) is 1. The van der Waals surface area contributed by atoms with Crippen molar-refractivity contribution in [3.63, 3.8) is 0 Å². The van der Waals surface area contributed by atoms with E-state index in [1.807, 2.05) is 13.0 Å². The number of nitrogens with one attached hydrogen (secondary N) is 1. The highest BCUT2D eigenvalue weighted by molar-refractivity contribution is 5.36. The van der Waals surface area contributed by atoms with Crippen LogP contribution >= 0.6 is 0 Å². The minimum atomic E-state index is -0.619. The van der Waals surface area contributed by atoms with Crippen molar-refractivity contribution in [2.45, 2.75) is 25.5 Å². The Bertz CT molecular complexity index is 474. The van der Waals surface area contributed by atoms with Crippen LogP contribution in [0.25, 0.3) is 0 Å². The van der Waals surface area contributed by atoms with Gasteiger partial charge in [0.25, 0.3) is 0 Å². The van der Waals surface area contributed by atoms with Gasteiger partial charge in [0.2, 0.25) is 0 Å². The zero-order valence-electron chi connectivity index (χ0n) is 11.0. The fraction of sp³-hybridized carbons (Fsp3) is 0.400. The lowest BCUT2D eigenvalue weighted by molar-refractivity contribution is 0.104. The molecule has 0 bridgehead atoms. The molecule has 2 atom stereocenters. The van der Waals surface area contributed by atoms with Gasteiger partial charge in [-0.25, -0.2) is 0 Å². The summed E-state index contributed by atoms with van der Waals surface area (Å²) in [7, 11) is 0. The van der Waals surface area contributed by atoms with Crippen LogP contribution in [0.15, 0.2) is 24.3 Å². The quantitative estimate of drug-likeness (QED) is 0.723. The standard InChI is InChI=1S/C15H18N2O2/c1-3-5-12(2)17-10-14(18)11-19-15-7-4-6-13(8-15)9-16/h1,4,6-8,12,14,17-18H,5,10-11H2,2H3. The van der Waals surface area contributed by atoms with E-state index in [1.165, 1.54) is 0 Å². The lowest BCUT2D eigenvalue weighted by Crippen LogP contribution is -2.36. The molecule has 1 rings (SSSR count). The number of rotatable bonds is 7. The Balaban J connectivity index is 2.32. The number of hydrogen-bond acceptors (Lipinski definition) is 4. The summed E-state index contributed by atoms with van der Waals surface area (Å²) in [5.74, 6) is 3.13. The summed E-state index contributed by atoms with van der Waals surface area (Å²) in [6, 6.07) is 9.04. The average molecular weight is 258 g/mol. The molecule has 0 heterocycles. The number of terminal acetylenes is 1. The third kappa shape index (κ3) is 5.92. The van der Waals surface area contributed by atoms with Crippen molar-refractivity contribution < 1.29 is 9.84 Å². The Hall–Kier alpha value is -2.01. The zero-order valence-corrected chi connectivity index (χ0v) is 11.0. The maximum atomic E-state index is 9.75. The molecule has 4 heteroatoms. The smallest absolute Gasteiger partial charge is 0.120 e. The van der Waals surface area contributed by atoms with Crippen LogP contribution in [0.1, 0.15) is 18.9 Å². The predicted molar refractivity (Wildman–Crippen MR) is 73.6 cm³/mol. The first-order valence-electron chi connectivity index (χ1n) is 6.13. The molecule has 0 saturated carbocycles. The highest BCUT2D eigenvalue weighted by atomic mass is 16.5. The summed E-state index contributed by atoms with van der Waals surface area (Å²) in [4.78, 5) is 0. The molecule has 0 aliphatic carbocycles. The van der Waals surface area contributed by atoms with Crippen molar-refractivity contribution in [3.05, 3.63) is 29.8 Å². The summed E-state index contributed by atoms with van der Waals surface area (Å²) in [5.41, 5.74) is 0.535. The van der Waals surface area contributed by atoms with Crippen LogP contribution in [0.2, 0.25) is 0 Å². The molecule has 2 unspecified atom stereocenters. The fourth-order valence-electron chi connectivity index (χ4n) is 1.49. The summed E-state index contributed by atoms with van der Waals surface area (Å²) in [5, 5.41) is 21.6. The van der Waals surface area contributed by atoms with E-state index < -0.39 is 6.10 Å². The van der Waals surface area contributed by atoms with Crippen LogP contribution in [0.3, 0.4) is 0 Å². The first kappa shape index (κ1) is 15.0. The molecule has 0 spiro atoms. The molecule has 19 heavy (non-hydrogen) atoms. The zero-order chi connectivity index (χ0) is 14.1. The van der Waals surface area contributed by atoms with Crippen molar-refractivity contribution in [2.24, 2.45) is 0 Å². The lowest BCUT2D eigenvalue weighted by atomic mass is 10.2. The molecule has 0 aromatic heterocycles. The summed E-state index contributed by atoms with van der Waals surface area (Å²) in [6.45, 7) is 2.55. The molecule has 0 amide bonds. The van der Waals surface area contributed by atoms with Crippen LogP contribution in [0.5, 0.6) is 5.75 Å². The molecule has 1 aromatic carbocycles. The van der Waals surface area contributed by atoms with Crippen molar-refractivity contribution in [2.75, 3.05) is 13.2 Å². The van der Waals surface area contributed by atoms with E-state index in [4.69, 9.17) is 16.4 Å². The number of hydrogen-bond donors (Lipinski definition) is 2. The molecular weight excluding hydrogens is 240 g/mol. The Labute approximate surface area is 114 Å². The monoisotopic (exact) mass is 258 g/mol. The van der Waals surface area contributed by atoms with Crippen molar-refractivity contribution in [1.29, 1.82) is 5.26 Å². The van der Waals surface area contributed by atoms with Gasteiger partial charge in [-0.1, -0.05) is 6.07 Å². The molecule has 0 radical (unpaired) electrons. The maximum Gasteiger partial charge on any atom is 0.120 e. The van der Waals surface area contributed by atoms with E-state index in [1.54, 1.807) is 24.3 Å². The second kappa shape index (κ2) is 8.16. The number of nitriles is 1. The lowest BCUT2D eigenvalue weighted by Gasteiger charge is -2.16. The molecule has 0 fully saturated rings. The van der Waals surface area contributed by atoms with Crippen molar-refractivity contribution in [1.82, 2.24) is 5.32 Å². The van der Waals surface area contributed by atoms with Crippen molar-refractivity contribution >= 4 is 0 Å². The minimum absolute atomic E-state index is 0.168. The van der Waals surface area contributed by atoms with Gasteiger partial charge in [0.05, 0.1) is 11.6 Å². The molecule has 100 valence electrons.